The van der Waals surface area contributed by atoms with Crippen LogP contribution in [-0.4, -0.2) is 0 Å². The molecular weight excluding hydrogens is 108 g/mol. The van der Waals surface area contributed by atoms with Crippen LogP contribution in [0.3, 0.4) is 0 Å². The molecule has 0 amide bonds. The summed E-state index contributed by atoms with van der Waals surface area (Å²) in [6, 6.07) is 0. The zero-order chi connectivity index (χ0) is 6.27. The fourth-order valence-electron chi connectivity index (χ4n) is 1.97. The van der Waals surface area contributed by atoms with Crippen LogP contribution < -0.4 is 0 Å². The van der Waals surface area contributed by atoms with Gasteiger partial charge in [0.1, 0.15) is 0 Å². The number of hydrogen-bond donors (Lipinski definition) is 0. The molecule has 0 spiro atoms. The van der Waals surface area contributed by atoms with Crippen molar-refractivity contribution in [1.29, 1.82) is 0 Å². The molecule has 0 radical (unpaired) electrons. The first-order chi connectivity index (χ1) is 4.40. The van der Waals surface area contributed by atoms with Gasteiger partial charge in [-0.1, -0.05) is 12.2 Å². The van der Waals surface area contributed by atoms with Gasteiger partial charge in [0.05, 0.1) is 0 Å². The lowest BCUT2D eigenvalue weighted by molar-refractivity contribution is 0.570. The lowest BCUT2D eigenvalue weighted by Crippen LogP contribution is -2.02. The van der Waals surface area contributed by atoms with Crippen LogP contribution in [0.5, 0.6) is 0 Å². The molecule has 0 saturated heterocycles. The van der Waals surface area contributed by atoms with Gasteiger partial charge in [0.15, 0.2) is 0 Å². The van der Waals surface area contributed by atoms with E-state index in [0.717, 1.165) is 11.8 Å². The van der Waals surface area contributed by atoms with Crippen LogP contribution in [0, 0.1) is 30.1 Å². The molecule has 1 fully saturated rings. The Morgan fingerprint density at radius 1 is 1.33 bits per heavy atom. The highest BCUT2D eigenvalue weighted by atomic mass is 14.4. The zero-order valence-corrected chi connectivity index (χ0v) is 5.38. The molecule has 2 aliphatic carbocycles. The Morgan fingerprint density at radius 2 is 2.22 bits per heavy atom. The summed E-state index contributed by atoms with van der Waals surface area (Å²) in [5.41, 5.74) is 0. The molecule has 3 atom stereocenters. The Bertz CT molecular complexity index is 183. The van der Waals surface area contributed by atoms with Crippen LogP contribution in [0.1, 0.15) is 12.8 Å². The van der Waals surface area contributed by atoms with Crippen molar-refractivity contribution in [1.82, 2.24) is 0 Å². The van der Waals surface area contributed by atoms with E-state index in [9.17, 15) is 0 Å². The van der Waals surface area contributed by atoms with Gasteiger partial charge >= 0.3 is 0 Å². The van der Waals surface area contributed by atoms with Crippen molar-refractivity contribution in [3.8, 4) is 12.3 Å². The van der Waals surface area contributed by atoms with Gasteiger partial charge in [0.25, 0.3) is 0 Å². The summed E-state index contributed by atoms with van der Waals surface area (Å²) < 4.78 is 0. The fraction of sp³-hybridized carbons (Fsp3) is 0.556. The Kier molecular flexibility index (Phi) is 0.931. The van der Waals surface area contributed by atoms with Crippen molar-refractivity contribution in [2.24, 2.45) is 17.8 Å². The van der Waals surface area contributed by atoms with Crippen molar-refractivity contribution < 1.29 is 0 Å². The zero-order valence-electron chi connectivity index (χ0n) is 5.38. The molecule has 2 rings (SSSR count). The molecule has 1 unspecified atom stereocenters. The molecule has 0 heteroatoms. The van der Waals surface area contributed by atoms with Gasteiger partial charge in [0.2, 0.25) is 0 Å². The summed E-state index contributed by atoms with van der Waals surface area (Å²) in [5, 5.41) is 0. The fourth-order valence-corrected chi connectivity index (χ4v) is 1.97. The van der Waals surface area contributed by atoms with Crippen LogP contribution >= 0.6 is 0 Å². The van der Waals surface area contributed by atoms with Crippen LogP contribution in [0.25, 0.3) is 0 Å². The third kappa shape index (κ3) is 0.612. The molecule has 0 aliphatic heterocycles. The Labute approximate surface area is 56.0 Å². The lowest BCUT2D eigenvalue weighted by Gasteiger charge is -2.09. The number of fused-ring (bicyclic) bond motifs is 2. The highest BCUT2D eigenvalue weighted by Crippen LogP contribution is 2.42. The molecule has 2 bridgehead atoms. The summed E-state index contributed by atoms with van der Waals surface area (Å²) in [6.07, 6.45) is 12.5. The second-order valence-electron chi connectivity index (χ2n) is 3.05. The standard InChI is InChI=1S/C9H10/c1-2-8-5-7-3-4-9(8)6-7/h1,3-4,7-9H,5-6H2/t7-,8?,9-/m1/s1. The summed E-state index contributed by atoms with van der Waals surface area (Å²) in [6.45, 7) is 0. The maximum absolute atomic E-state index is 5.34. The van der Waals surface area contributed by atoms with Gasteiger partial charge in [0, 0.05) is 5.92 Å². The molecular formula is C9H10. The highest BCUT2D eigenvalue weighted by Gasteiger charge is 2.33. The summed E-state index contributed by atoms with van der Waals surface area (Å²) in [4.78, 5) is 0. The minimum Gasteiger partial charge on any atom is -0.120 e. The van der Waals surface area contributed by atoms with E-state index in [0.29, 0.717) is 5.92 Å². The van der Waals surface area contributed by atoms with Gasteiger partial charge in [-0.25, -0.2) is 0 Å². The molecule has 2 aliphatic rings. The molecule has 0 aromatic carbocycles. The topological polar surface area (TPSA) is 0 Å². The van der Waals surface area contributed by atoms with Gasteiger partial charge in [-0.15, -0.1) is 12.3 Å². The monoisotopic (exact) mass is 118 g/mol. The predicted octanol–water partition coefficient (Wildman–Crippen LogP) is 1.83. The van der Waals surface area contributed by atoms with E-state index in [1.54, 1.807) is 0 Å². The average Bonchev–Trinajstić information content (AvgIpc) is 2.45. The smallest absolute Gasteiger partial charge is 0.0268 e. The predicted molar refractivity (Wildman–Crippen MR) is 37.7 cm³/mol. The van der Waals surface area contributed by atoms with E-state index in [2.05, 4.69) is 18.1 Å². The Morgan fingerprint density at radius 3 is 2.56 bits per heavy atom. The molecule has 0 aromatic heterocycles. The van der Waals surface area contributed by atoms with Crippen LogP contribution in [-0.2, 0) is 0 Å². The molecule has 0 N–H and O–H groups in total. The minimum atomic E-state index is 0.569. The lowest BCUT2D eigenvalue weighted by atomic mass is 9.95. The summed E-state index contributed by atoms with van der Waals surface area (Å²) in [5.74, 6) is 4.98. The van der Waals surface area contributed by atoms with Gasteiger partial charge in [-0.3, -0.25) is 0 Å². The second-order valence-corrected chi connectivity index (χ2v) is 3.05. The normalized spacial score (nSPS) is 45.4. The van der Waals surface area contributed by atoms with Crippen molar-refractivity contribution in [2.75, 3.05) is 0 Å². The Balaban J connectivity index is 2.22. The van der Waals surface area contributed by atoms with E-state index in [-0.39, 0.29) is 0 Å². The molecule has 1 saturated carbocycles. The van der Waals surface area contributed by atoms with Gasteiger partial charge in [-0.05, 0) is 24.7 Å². The SMILES string of the molecule is C#CC1C[C@H]2C=C[C@@H]1C2. The van der Waals surface area contributed by atoms with E-state index in [1.807, 2.05) is 0 Å². The first kappa shape index (κ1) is 5.11. The van der Waals surface area contributed by atoms with Crippen LogP contribution in [0.4, 0.5) is 0 Å². The van der Waals surface area contributed by atoms with E-state index < -0.39 is 0 Å². The van der Waals surface area contributed by atoms with Crippen molar-refractivity contribution in [3.63, 3.8) is 0 Å². The first-order valence-corrected chi connectivity index (χ1v) is 3.54. The minimum absolute atomic E-state index is 0.569. The van der Waals surface area contributed by atoms with E-state index in [4.69, 9.17) is 6.42 Å². The molecule has 9 heavy (non-hydrogen) atoms. The third-order valence-corrected chi connectivity index (χ3v) is 2.49. The molecule has 0 heterocycles. The summed E-state index contributed by atoms with van der Waals surface area (Å²) in [7, 11) is 0. The largest absolute Gasteiger partial charge is 0.120 e. The molecule has 0 aromatic rings. The highest BCUT2D eigenvalue weighted by molar-refractivity contribution is 5.16. The number of rotatable bonds is 0. The third-order valence-electron chi connectivity index (χ3n) is 2.49. The van der Waals surface area contributed by atoms with Crippen molar-refractivity contribution in [3.05, 3.63) is 12.2 Å². The first-order valence-electron chi connectivity index (χ1n) is 3.54. The maximum atomic E-state index is 5.34. The quantitative estimate of drug-likeness (QED) is 0.336. The number of allylic oxidation sites excluding steroid dienone is 2. The van der Waals surface area contributed by atoms with Gasteiger partial charge < -0.3 is 0 Å². The Hall–Kier alpha value is -0.700. The maximum Gasteiger partial charge on any atom is 0.0268 e. The van der Waals surface area contributed by atoms with Crippen molar-refractivity contribution >= 4 is 0 Å². The van der Waals surface area contributed by atoms with Crippen molar-refractivity contribution in [2.45, 2.75) is 12.8 Å². The van der Waals surface area contributed by atoms with Crippen LogP contribution in [0.2, 0.25) is 0 Å². The number of terminal acetylenes is 1. The van der Waals surface area contributed by atoms with E-state index >= 15 is 0 Å². The molecule has 0 nitrogen and oxygen atoms in total. The summed E-state index contributed by atoms with van der Waals surface area (Å²) >= 11 is 0. The van der Waals surface area contributed by atoms with Crippen LogP contribution in [0.15, 0.2) is 12.2 Å². The number of hydrogen-bond acceptors (Lipinski definition) is 0. The average molecular weight is 118 g/mol. The van der Waals surface area contributed by atoms with E-state index in [1.165, 1.54) is 12.8 Å². The van der Waals surface area contributed by atoms with Gasteiger partial charge in [-0.2, -0.15) is 0 Å². The molecule has 46 valence electrons. The second kappa shape index (κ2) is 1.64.